The van der Waals surface area contributed by atoms with Crippen molar-refractivity contribution in [1.29, 1.82) is 0 Å². The standard InChI is InChI=1S/C20H31NO3/c1-8-21(9-2)10-17(22)11-23-19-13(4)12(3)14(5)20-18(19)15(6)16(7)24-20/h17,22H,8-11H2,1-7H3. The first kappa shape index (κ1) is 18.8. The predicted molar refractivity (Wildman–Crippen MR) is 99.2 cm³/mol. The van der Waals surface area contributed by atoms with Crippen molar-refractivity contribution in [3.05, 3.63) is 28.0 Å². The molecule has 24 heavy (non-hydrogen) atoms. The van der Waals surface area contributed by atoms with Crippen molar-refractivity contribution in [2.75, 3.05) is 26.2 Å². The molecule has 0 bridgehead atoms. The molecule has 1 aromatic heterocycles. The van der Waals surface area contributed by atoms with Crippen LogP contribution in [0, 0.1) is 34.6 Å². The molecule has 0 fully saturated rings. The average Bonchev–Trinajstić information content (AvgIpc) is 2.86. The van der Waals surface area contributed by atoms with E-state index in [1.807, 2.05) is 6.92 Å². The van der Waals surface area contributed by atoms with E-state index < -0.39 is 6.10 Å². The largest absolute Gasteiger partial charge is 0.490 e. The molecule has 0 saturated heterocycles. The molecule has 1 N–H and O–H groups in total. The van der Waals surface area contributed by atoms with Crippen LogP contribution in [0.4, 0.5) is 0 Å². The van der Waals surface area contributed by atoms with Crippen molar-refractivity contribution in [3.63, 3.8) is 0 Å². The highest BCUT2D eigenvalue weighted by Crippen LogP contribution is 2.39. The summed E-state index contributed by atoms with van der Waals surface area (Å²) in [5.41, 5.74) is 5.49. The first-order chi connectivity index (χ1) is 11.3. The molecule has 1 atom stereocenters. The van der Waals surface area contributed by atoms with E-state index in [0.717, 1.165) is 52.3 Å². The third-order valence-electron chi connectivity index (χ3n) is 5.20. The summed E-state index contributed by atoms with van der Waals surface area (Å²) in [5, 5.41) is 11.4. The SMILES string of the molecule is CCN(CC)CC(O)COc1c(C)c(C)c(C)c2oc(C)c(C)c12. The zero-order valence-corrected chi connectivity index (χ0v) is 16.1. The summed E-state index contributed by atoms with van der Waals surface area (Å²) in [6.45, 7) is 17.3. The minimum absolute atomic E-state index is 0.290. The number of fused-ring (bicyclic) bond motifs is 1. The van der Waals surface area contributed by atoms with E-state index in [0.29, 0.717) is 13.2 Å². The number of aryl methyl sites for hydroxylation is 3. The molecule has 4 heteroatoms. The molecule has 1 unspecified atom stereocenters. The minimum atomic E-state index is -0.505. The van der Waals surface area contributed by atoms with Crippen LogP contribution in [0.25, 0.3) is 11.0 Å². The van der Waals surface area contributed by atoms with Gasteiger partial charge in [-0.05, 0) is 64.4 Å². The van der Waals surface area contributed by atoms with Crippen molar-refractivity contribution in [3.8, 4) is 5.75 Å². The Hall–Kier alpha value is -1.52. The number of furan rings is 1. The molecule has 0 radical (unpaired) electrons. The predicted octanol–water partition coefficient (Wildman–Crippen LogP) is 4.06. The number of hydrogen-bond acceptors (Lipinski definition) is 4. The number of benzene rings is 1. The number of nitrogens with zero attached hydrogens (tertiary/aromatic N) is 1. The topological polar surface area (TPSA) is 45.8 Å². The summed E-state index contributed by atoms with van der Waals surface area (Å²) in [6, 6.07) is 0. The smallest absolute Gasteiger partial charge is 0.141 e. The van der Waals surface area contributed by atoms with Crippen molar-refractivity contribution in [1.82, 2.24) is 4.90 Å². The lowest BCUT2D eigenvalue weighted by Crippen LogP contribution is -2.35. The van der Waals surface area contributed by atoms with Gasteiger partial charge in [-0.2, -0.15) is 0 Å². The molecule has 1 heterocycles. The molecule has 0 aliphatic carbocycles. The molecule has 2 rings (SSSR count). The Morgan fingerprint density at radius 2 is 1.58 bits per heavy atom. The molecule has 0 aliphatic rings. The summed E-state index contributed by atoms with van der Waals surface area (Å²) in [7, 11) is 0. The Morgan fingerprint density at radius 3 is 2.17 bits per heavy atom. The zero-order valence-electron chi connectivity index (χ0n) is 16.1. The van der Waals surface area contributed by atoms with E-state index in [4.69, 9.17) is 9.15 Å². The lowest BCUT2D eigenvalue weighted by atomic mass is 9.98. The van der Waals surface area contributed by atoms with Gasteiger partial charge in [0.25, 0.3) is 0 Å². The van der Waals surface area contributed by atoms with Gasteiger partial charge in [0, 0.05) is 12.1 Å². The van der Waals surface area contributed by atoms with Gasteiger partial charge < -0.3 is 19.2 Å². The van der Waals surface area contributed by atoms with Crippen LogP contribution < -0.4 is 4.74 Å². The molecule has 0 aliphatic heterocycles. The number of ether oxygens (including phenoxy) is 1. The monoisotopic (exact) mass is 333 g/mol. The van der Waals surface area contributed by atoms with E-state index in [9.17, 15) is 5.11 Å². The summed E-state index contributed by atoms with van der Waals surface area (Å²) >= 11 is 0. The number of aliphatic hydroxyl groups excluding tert-OH is 1. The Balaban J connectivity index is 2.32. The van der Waals surface area contributed by atoms with Crippen LogP contribution in [0.5, 0.6) is 5.75 Å². The summed E-state index contributed by atoms with van der Waals surface area (Å²) < 4.78 is 12.1. The van der Waals surface area contributed by atoms with E-state index in [2.05, 4.69) is 46.4 Å². The van der Waals surface area contributed by atoms with Crippen LogP contribution in [0.1, 0.15) is 41.9 Å². The maximum absolute atomic E-state index is 10.3. The number of rotatable bonds is 7. The van der Waals surface area contributed by atoms with Crippen LogP contribution in [0.15, 0.2) is 4.42 Å². The molecule has 1 aromatic carbocycles. The van der Waals surface area contributed by atoms with Gasteiger partial charge in [-0.3, -0.25) is 0 Å². The lowest BCUT2D eigenvalue weighted by molar-refractivity contribution is 0.0719. The molecule has 2 aromatic rings. The highest BCUT2D eigenvalue weighted by atomic mass is 16.5. The lowest BCUT2D eigenvalue weighted by Gasteiger charge is -2.23. The molecule has 134 valence electrons. The number of aliphatic hydroxyl groups is 1. The van der Waals surface area contributed by atoms with Gasteiger partial charge in [0.15, 0.2) is 0 Å². The summed E-state index contributed by atoms with van der Waals surface area (Å²) in [4.78, 5) is 2.20. The fourth-order valence-electron chi connectivity index (χ4n) is 3.17. The average molecular weight is 333 g/mol. The van der Waals surface area contributed by atoms with E-state index >= 15 is 0 Å². The zero-order chi connectivity index (χ0) is 18.0. The number of likely N-dealkylation sites (N-methyl/N-ethyl adjacent to an activating group) is 1. The Kier molecular flexibility index (Phi) is 5.94. The third kappa shape index (κ3) is 3.45. The molecule has 0 spiro atoms. The van der Waals surface area contributed by atoms with E-state index in [1.165, 1.54) is 5.56 Å². The highest BCUT2D eigenvalue weighted by molar-refractivity contribution is 5.93. The van der Waals surface area contributed by atoms with Crippen molar-refractivity contribution < 1.29 is 14.3 Å². The second-order valence-corrected chi connectivity index (χ2v) is 6.64. The van der Waals surface area contributed by atoms with E-state index in [-0.39, 0.29) is 0 Å². The molecular formula is C20H31NO3. The van der Waals surface area contributed by atoms with Crippen LogP contribution in [0.3, 0.4) is 0 Å². The molecule has 0 amide bonds. The van der Waals surface area contributed by atoms with Gasteiger partial charge in [-0.15, -0.1) is 0 Å². The summed E-state index contributed by atoms with van der Waals surface area (Å²) in [5.74, 6) is 1.77. The van der Waals surface area contributed by atoms with Gasteiger partial charge in [-0.25, -0.2) is 0 Å². The van der Waals surface area contributed by atoms with Gasteiger partial charge in [0.1, 0.15) is 29.8 Å². The Bertz CT molecular complexity index is 714. The molecular weight excluding hydrogens is 302 g/mol. The van der Waals surface area contributed by atoms with Gasteiger partial charge >= 0.3 is 0 Å². The van der Waals surface area contributed by atoms with Crippen molar-refractivity contribution >= 4 is 11.0 Å². The normalized spacial score (nSPS) is 13.0. The first-order valence-electron chi connectivity index (χ1n) is 8.84. The van der Waals surface area contributed by atoms with Crippen molar-refractivity contribution in [2.45, 2.75) is 54.6 Å². The second kappa shape index (κ2) is 7.58. The van der Waals surface area contributed by atoms with Crippen molar-refractivity contribution in [2.24, 2.45) is 0 Å². The molecule has 4 nitrogen and oxygen atoms in total. The quantitative estimate of drug-likeness (QED) is 0.830. The fourth-order valence-corrected chi connectivity index (χ4v) is 3.17. The van der Waals surface area contributed by atoms with E-state index in [1.54, 1.807) is 0 Å². The minimum Gasteiger partial charge on any atom is -0.490 e. The fraction of sp³-hybridized carbons (Fsp3) is 0.600. The first-order valence-corrected chi connectivity index (χ1v) is 8.84. The van der Waals surface area contributed by atoms with Crippen LogP contribution in [0.2, 0.25) is 0 Å². The molecule has 0 saturated carbocycles. The third-order valence-corrected chi connectivity index (χ3v) is 5.20. The maximum atomic E-state index is 10.3. The maximum Gasteiger partial charge on any atom is 0.141 e. The van der Waals surface area contributed by atoms with Gasteiger partial charge in [-0.1, -0.05) is 13.8 Å². The number of hydrogen-bond donors (Lipinski definition) is 1. The van der Waals surface area contributed by atoms with Gasteiger partial charge in [0.05, 0.1) is 5.39 Å². The highest BCUT2D eigenvalue weighted by Gasteiger charge is 2.21. The summed E-state index contributed by atoms with van der Waals surface area (Å²) in [6.07, 6.45) is -0.505. The van der Waals surface area contributed by atoms with Crippen LogP contribution in [-0.2, 0) is 0 Å². The van der Waals surface area contributed by atoms with Crippen LogP contribution >= 0.6 is 0 Å². The van der Waals surface area contributed by atoms with Gasteiger partial charge in [0.2, 0.25) is 0 Å². The Labute approximate surface area is 145 Å². The Morgan fingerprint density at radius 1 is 0.958 bits per heavy atom. The second-order valence-electron chi connectivity index (χ2n) is 6.64. The van der Waals surface area contributed by atoms with Crippen LogP contribution in [-0.4, -0.2) is 42.4 Å².